The zero-order valence-electron chi connectivity index (χ0n) is 12.6. The normalized spacial score (nSPS) is 19.8. The predicted molar refractivity (Wildman–Crippen MR) is 86.0 cm³/mol. The first-order valence-corrected chi connectivity index (χ1v) is 7.76. The van der Waals surface area contributed by atoms with E-state index in [0.717, 1.165) is 50.3 Å². The zero-order valence-corrected chi connectivity index (χ0v) is 12.6. The maximum atomic E-state index is 9.94. The summed E-state index contributed by atoms with van der Waals surface area (Å²) in [6, 6.07) is 7.55. The molecule has 1 saturated heterocycles. The molecule has 1 aliphatic carbocycles. The molecule has 1 heterocycles. The highest BCUT2D eigenvalue weighted by Gasteiger charge is 2.24. The zero-order chi connectivity index (χ0) is 14.7. The van der Waals surface area contributed by atoms with E-state index < -0.39 is 0 Å². The van der Waals surface area contributed by atoms with E-state index >= 15 is 0 Å². The number of aliphatic imine (C=N–C) groups is 1. The molecule has 0 amide bonds. The minimum Gasteiger partial charge on any atom is -0.506 e. The maximum absolute atomic E-state index is 9.94. The summed E-state index contributed by atoms with van der Waals surface area (Å²) in [7, 11) is 1.85. The summed E-state index contributed by atoms with van der Waals surface area (Å²) >= 11 is 0. The summed E-state index contributed by atoms with van der Waals surface area (Å²) in [5.74, 6) is 2.23. The Morgan fingerprint density at radius 2 is 1.95 bits per heavy atom. The van der Waals surface area contributed by atoms with Crippen molar-refractivity contribution in [1.82, 2.24) is 10.2 Å². The number of nitrogens with one attached hydrogen (secondary N) is 1. The molecule has 0 radical (unpaired) electrons. The summed E-state index contributed by atoms with van der Waals surface area (Å²) in [6.07, 6.45) is 2.70. The van der Waals surface area contributed by atoms with E-state index in [1.54, 1.807) is 6.07 Å². The van der Waals surface area contributed by atoms with E-state index in [4.69, 9.17) is 0 Å². The Kier molecular flexibility index (Phi) is 4.18. The van der Waals surface area contributed by atoms with E-state index in [2.05, 4.69) is 20.1 Å². The molecule has 2 aliphatic rings. The van der Waals surface area contributed by atoms with Gasteiger partial charge < -0.3 is 20.2 Å². The lowest BCUT2D eigenvalue weighted by atomic mass is 10.2. The second-order valence-corrected chi connectivity index (χ2v) is 5.83. The Bertz CT molecular complexity index is 505. The van der Waals surface area contributed by atoms with Crippen LogP contribution < -0.4 is 10.2 Å². The largest absolute Gasteiger partial charge is 0.506 e. The van der Waals surface area contributed by atoms with Crippen molar-refractivity contribution in [3.63, 3.8) is 0 Å². The van der Waals surface area contributed by atoms with Gasteiger partial charge in [0, 0.05) is 39.8 Å². The van der Waals surface area contributed by atoms with Crippen LogP contribution in [0.4, 0.5) is 5.69 Å². The Morgan fingerprint density at radius 1 is 1.24 bits per heavy atom. The number of aromatic hydroxyl groups is 1. The molecule has 1 aromatic carbocycles. The molecule has 5 heteroatoms. The fourth-order valence-corrected chi connectivity index (χ4v) is 2.78. The number of piperazine rings is 1. The van der Waals surface area contributed by atoms with Crippen LogP contribution in [0.5, 0.6) is 5.75 Å². The van der Waals surface area contributed by atoms with Crippen molar-refractivity contribution >= 4 is 11.6 Å². The van der Waals surface area contributed by atoms with Crippen molar-refractivity contribution in [3.8, 4) is 5.75 Å². The van der Waals surface area contributed by atoms with Crippen LogP contribution in [0.2, 0.25) is 0 Å². The number of nitrogens with zero attached hydrogens (tertiary/aromatic N) is 3. The molecule has 0 atom stereocenters. The number of anilines is 1. The van der Waals surface area contributed by atoms with Crippen molar-refractivity contribution in [2.45, 2.75) is 12.8 Å². The van der Waals surface area contributed by atoms with Gasteiger partial charge in [0.1, 0.15) is 5.75 Å². The van der Waals surface area contributed by atoms with Gasteiger partial charge in [0.05, 0.1) is 5.69 Å². The molecule has 3 rings (SSSR count). The highest BCUT2D eigenvalue weighted by molar-refractivity contribution is 5.80. The van der Waals surface area contributed by atoms with Gasteiger partial charge in [-0.1, -0.05) is 12.1 Å². The Hall–Kier alpha value is -1.91. The van der Waals surface area contributed by atoms with Gasteiger partial charge >= 0.3 is 0 Å². The summed E-state index contributed by atoms with van der Waals surface area (Å²) in [6.45, 7) is 4.72. The van der Waals surface area contributed by atoms with Gasteiger partial charge in [0.15, 0.2) is 5.96 Å². The van der Waals surface area contributed by atoms with Crippen LogP contribution in [0.15, 0.2) is 29.3 Å². The van der Waals surface area contributed by atoms with Crippen LogP contribution in [0.1, 0.15) is 12.8 Å². The van der Waals surface area contributed by atoms with Crippen LogP contribution in [0, 0.1) is 5.92 Å². The molecule has 0 spiro atoms. The first kappa shape index (κ1) is 14.0. The molecule has 1 aliphatic heterocycles. The number of phenols is 1. The maximum Gasteiger partial charge on any atom is 0.193 e. The van der Waals surface area contributed by atoms with Gasteiger partial charge in [-0.2, -0.15) is 0 Å². The third kappa shape index (κ3) is 3.40. The molecule has 2 fully saturated rings. The summed E-state index contributed by atoms with van der Waals surface area (Å²) < 4.78 is 0. The highest BCUT2D eigenvalue weighted by Crippen LogP contribution is 2.28. The number of hydrogen-bond donors (Lipinski definition) is 2. The van der Waals surface area contributed by atoms with Crippen molar-refractivity contribution in [3.05, 3.63) is 24.3 Å². The van der Waals surface area contributed by atoms with Crippen LogP contribution in [-0.2, 0) is 0 Å². The van der Waals surface area contributed by atoms with Gasteiger partial charge in [-0.25, -0.2) is 0 Å². The van der Waals surface area contributed by atoms with Gasteiger partial charge in [0.25, 0.3) is 0 Å². The number of phenolic OH excluding ortho intramolecular Hbond substituents is 1. The molecule has 1 saturated carbocycles. The predicted octanol–water partition coefficient (Wildman–Crippen LogP) is 1.50. The third-order valence-corrected chi connectivity index (χ3v) is 4.26. The van der Waals surface area contributed by atoms with Crippen LogP contribution in [-0.4, -0.2) is 55.7 Å². The van der Waals surface area contributed by atoms with Crippen LogP contribution in [0.3, 0.4) is 0 Å². The van der Waals surface area contributed by atoms with Gasteiger partial charge in [-0.3, -0.25) is 4.99 Å². The Balaban J connectivity index is 1.55. The fourth-order valence-electron chi connectivity index (χ4n) is 2.78. The fraction of sp³-hybridized carbons (Fsp3) is 0.562. The summed E-state index contributed by atoms with van der Waals surface area (Å²) in [5.41, 5.74) is 0.929. The highest BCUT2D eigenvalue weighted by atomic mass is 16.3. The lowest BCUT2D eigenvalue weighted by Crippen LogP contribution is -2.52. The molecule has 0 aromatic heterocycles. The lowest BCUT2D eigenvalue weighted by molar-refractivity contribution is 0.369. The minimum absolute atomic E-state index is 0.363. The Labute approximate surface area is 126 Å². The standard InChI is InChI=1S/C16H24N4O/c1-17-16(18-12-13-6-7-13)20-10-8-19(9-11-20)14-4-2-3-5-15(14)21/h2-5,13,21H,6-12H2,1H3,(H,17,18). The van der Waals surface area contributed by atoms with E-state index in [1.807, 2.05) is 25.2 Å². The number of hydrogen-bond acceptors (Lipinski definition) is 3. The van der Waals surface area contributed by atoms with Crippen molar-refractivity contribution in [2.24, 2.45) is 10.9 Å². The first-order chi connectivity index (χ1) is 10.3. The van der Waals surface area contributed by atoms with Crippen molar-refractivity contribution in [2.75, 3.05) is 44.7 Å². The van der Waals surface area contributed by atoms with E-state index in [9.17, 15) is 5.11 Å². The number of guanidine groups is 1. The van der Waals surface area contributed by atoms with Crippen LogP contribution >= 0.6 is 0 Å². The van der Waals surface area contributed by atoms with E-state index in [0.29, 0.717) is 5.75 Å². The van der Waals surface area contributed by atoms with Crippen molar-refractivity contribution in [1.29, 1.82) is 0 Å². The second kappa shape index (κ2) is 6.24. The number of para-hydroxylation sites is 2. The number of rotatable bonds is 3. The quantitative estimate of drug-likeness (QED) is 0.654. The Morgan fingerprint density at radius 3 is 2.57 bits per heavy atom. The topological polar surface area (TPSA) is 51.1 Å². The average Bonchev–Trinajstić information content (AvgIpc) is 3.33. The molecule has 2 N–H and O–H groups in total. The lowest BCUT2D eigenvalue weighted by Gasteiger charge is -2.37. The first-order valence-electron chi connectivity index (χ1n) is 7.76. The molecule has 0 bridgehead atoms. The average molecular weight is 288 g/mol. The molecule has 114 valence electrons. The van der Waals surface area contributed by atoms with Crippen molar-refractivity contribution < 1.29 is 5.11 Å². The molecule has 0 unspecified atom stereocenters. The molecule has 21 heavy (non-hydrogen) atoms. The van der Waals surface area contributed by atoms with Gasteiger partial charge in [0.2, 0.25) is 0 Å². The summed E-state index contributed by atoms with van der Waals surface area (Å²) in [4.78, 5) is 8.93. The molecular weight excluding hydrogens is 264 g/mol. The molecule has 1 aromatic rings. The third-order valence-electron chi connectivity index (χ3n) is 4.26. The van der Waals surface area contributed by atoms with E-state index in [1.165, 1.54) is 12.8 Å². The smallest absolute Gasteiger partial charge is 0.193 e. The second-order valence-electron chi connectivity index (χ2n) is 5.83. The van der Waals surface area contributed by atoms with Gasteiger partial charge in [-0.15, -0.1) is 0 Å². The molecule has 5 nitrogen and oxygen atoms in total. The van der Waals surface area contributed by atoms with E-state index in [-0.39, 0.29) is 0 Å². The SMILES string of the molecule is CN=C(NCC1CC1)N1CCN(c2ccccc2O)CC1. The molecular formula is C16H24N4O. The monoisotopic (exact) mass is 288 g/mol. The summed E-state index contributed by atoms with van der Waals surface area (Å²) in [5, 5.41) is 13.4. The number of benzene rings is 1. The minimum atomic E-state index is 0.363. The van der Waals surface area contributed by atoms with Crippen LogP contribution in [0.25, 0.3) is 0 Å². The van der Waals surface area contributed by atoms with Gasteiger partial charge in [-0.05, 0) is 30.9 Å².